The number of carbonyl (C=O) groups excluding carboxylic acids is 1. The van der Waals surface area contributed by atoms with Crippen LogP contribution in [0.25, 0.3) is 5.57 Å². The number of piperidine rings is 1. The Kier molecular flexibility index (Phi) is 10.3. The summed E-state index contributed by atoms with van der Waals surface area (Å²) >= 11 is 0. The van der Waals surface area contributed by atoms with E-state index in [4.69, 9.17) is 5.11 Å². The van der Waals surface area contributed by atoms with E-state index in [2.05, 4.69) is 17.3 Å². The zero-order valence-corrected chi connectivity index (χ0v) is 19.0. The number of nitrogens with one attached hydrogen (secondary N) is 1. The maximum absolute atomic E-state index is 14.0. The van der Waals surface area contributed by atoms with Crippen molar-refractivity contribution in [2.24, 2.45) is 0 Å². The normalized spacial score (nSPS) is 18.0. The number of halogens is 2. The molecule has 4 rings (SSSR count). The number of rotatable bonds is 2. The molecule has 7 heteroatoms. The highest BCUT2D eigenvalue weighted by Gasteiger charge is 2.31. The largest absolute Gasteiger partial charge is 0.400 e. The summed E-state index contributed by atoms with van der Waals surface area (Å²) in [5.74, 6) is -1.000. The molecule has 5 nitrogen and oxygen atoms in total. The first-order chi connectivity index (χ1) is 15.5. The maximum Gasteiger partial charge on any atom is 0.318 e. The van der Waals surface area contributed by atoms with Gasteiger partial charge in [-0.05, 0) is 62.3 Å². The number of aliphatic hydroxyl groups is 1. The molecule has 2 heterocycles. The molecule has 1 fully saturated rings. The van der Waals surface area contributed by atoms with Gasteiger partial charge in [-0.1, -0.05) is 42.8 Å². The van der Waals surface area contributed by atoms with Gasteiger partial charge >= 0.3 is 6.03 Å². The molecule has 0 radical (unpaired) electrons. The molecule has 2 aliphatic heterocycles. The molecule has 2 aromatic carbocycles. The van der Waals surface area contributed by atoms with E-state index in [0.29, 0.717) is 5.57 Å². The Morgan fingerprint density at radius 2 is 1.69 bits per heavy atom. The first-order valence-corrected chi connectivity index (χ1v) is 10.8. The molecular formula is C25H33F2N3O2. The SMILES string of the molecule is CN1CCCCC1.CNC(=O)N1CC(c2cc(F)ccc2F)=C[C@H]1c1ccccc1.CO. The lowest BCUT2D eigenvalue weighted by Gasteiger charge is -2.24. The first-order valence-electron chi connectivity index (χ1n) is 10.8. The van der Waals surface area contributed by atoms with Crippen molar-refractivity contribution in [1.82, 2.24) is 15.1 Å². The van der Waals surface area contributed by atoms with E-state index in [1.165, 1.54) is 32.4 Å². The summed E-state index contributed by atoms with van der Waals surface area (Å²) in [5, 5.41) is 9.59. The molecule has 1 atom stereocenters. The molecule has 0 spiro atoms. The van der Waals surface area contributed by atoms with Crippen LogP contribution in [0.1, 0.15) is 36.4 Å². The van der Waals surface area contributed by atoms with Crippen LogP contribution >= 0.6 is 0 Å². The van der Waals surface area contributed by atoms with Crippen molar-refractivity contribution in [1.29, 1.82) is 0 Å². The van der Waals surface area contributed by atoms with Crippen LogP contribution in [0.2, 0.25) is 0 Å². The predicted molar refractivity (Wildman–Crippen MR) is 124 cm³/mol. The summed E-state index contributed by atoms with van der Waals surface area (Å²) in [4.78, 5) is 16.1. The Hall–Kier alpha value is -2.77. The molecule has 2 aliphatic rings. The minimum absolute atomic E-state index is 0.192. The van der Waals surface area contributed by atoms with Crippen molar-refractivity contribution in [3.63, 3.8) is 0 Å². The number of nitrogens with zero attached hydrogens (tertiary/aromatic N) is 2. The van der Waals surface area contributed by atoms with Crippen LogP contribution < -0.4 is 5.32 Å². The number of hydrogen-bond acceptors (Lipinski definition) is 3. The predicted octanol–water partition coefficient (Wildman–Crippen LogP) is 4.46. The fraction of sp³-hybridized carbons (Fsp3) is 0.400. The molecule has 2 aromatic rings. The Labute approximate surface area is 189 Å². The summed E-state index contributed by atoms with van der Waals surface area (Å²) in [6.07, 6.45) is 6.08. The van der Waals surface area contributed by atoms with E-state index in [0.717, 1.165) is 30.9 Å². The molecule has 174 valence electrons. The van der Waals surface area contributed by atoms with Crippen LogP contribution in [-0.2, 0) is 0 Å². The first kappa shape index (κ1) is 25.5. The van der Waals surface area contributed by atoms with Crippen LogP contribution in [-0.4, -0.2) is 61.8 Å². The van der Waals surface area contributed by atoms with Crippen LogP contribution in [0.5, 0.6) is 0 Å². The average molecular weight is 446 g/mol. The van der Waals surface area contributed by atoms with Crippen molar-refractivity contribution < 1.29 is 18.7 Å². The minimum atomic E-state index is -0.503. The van der Waals surface area contributed by atoms with Gasteiger partial charge < -0.3 is 20.2 Å². The highest BCUT2D eigenvalue weighted by atomic mass is 19.1. The molecule has 2 amide bonds. The molecular weight excluding hydrogens is 412 g/mol. The standard InChI is InChI=1S/C18H16F2N2O.C6H13N.CH4O/c1-21-18(23)22-11-13(15-10-14(19)7-8-16(15)20)9-17(22)12-5-3-2-4-6-12;1-7-5-3-2-4-6-7;1-2/h2-10,17H,11H2,1H3,(H,21,23);2-6H2,1H3;2H,1H3/t17-;;/m0../s1. The van der Waals surface area contributed by atoms with Crippen molar-refractivity contribution in [2.45, 2.75) is 25.3 Å². The number of likely N-dealkylation sites (tertiary alicyclic amines) is 1. The highest BCUT2D eigenvalue weighted by Crippen LogP contribution is 2.35. The van der Waals surface area contributed by atoms with E-state index >= 15 is 0 Å². The van der Waals surface area contributed by atoms with Gasteiger partial charge in [0.05, 0.1) is 6.04 Å². The molecule has 0 aromatic heterocycles. The van der Waals surface area contributed by atoms with Gasteiger partial charge in [-0.15, -0.1) is 0 Å². The summed E-state index contributed by atoms with van der Waals surface area (Å²) < 4.78 is 27.5. The summed E-state index contributed by atoms with van der Waals surface area (Å²) in [5.41, 5.74) is 1.71. The average Bonchev–Trinajstić information content (AvgIpc) is 3.28. The van der Waals surface area contributed by atoms with Crippen molar-refractivity contribution in [3.05, 3.63) is 77.4 Å². The summed E-state index contributed by atoms with van der Waals surface area (Å²) in [6.45, 7) is 2.86. The van der Waals surface area contributed by atoms with E-state index in [1.807, 2.05) is 36.4 Å². The van der Waals surface area contributed by atoms with Gasteiger partial charge in [0.25, 0.3) is 0 Å². The third-order valence-corrected chi connectivity index (χ3v) is 5.51. The molecule has 0 aliphatic carbocycles. The van der Waals surface area contributed by atoms with Gasteiger partial charge in [-0.3, -0.25) is 0 Å². The number of aliphatic hydroxyl groups excluding tert-OH is 1. The maximum atomic E-state index is 14.0. The lowest BCUT2D eigenvalue weighted by molar-refractivity contribution is 0.200. The van der Waals surface area contributed by atoms with E-state index < -0.39 is 11.6 Å². The Morgan fingerprint density at radius 3 is 2.25 bits per heavy atom. The number of carbonyl (C=O) groups is 1. The topological polar surface area (TPSA) is 55.8 Å². The number of amides is 2. The zero-order chi connectivity index (χ0) is 23.5. The molecule has 0 bridgehead atoms. The van der Waals surface area contributed by atoms with Crippen molar-refractivity contribution >= 4 is 11.6 Å². The van der Waals surface area contributed by atoms with E-state index in [9.17, 15) is 13.6 Å². The second-order valence-corrected chi connectivity index (χ2v) is 7.72. The van der Waals surface area contributed by atoms with Gasteiger partial charge in [0.1, 0.15) is 11.6 Å². The van der Waals surface area contributed by atoms with Crippen LogP contribution in [0.4, 0.5) is 13.6 Å². The number of benzene rings is 2. The molecule has 1 saturated heterocycles. The van der Waals surface area contributed by atoms with Gasteiger partial charge in [0, 0.05) is 26.3 Å². The van der Waals surface area contributed by atoms with Gasteiger partial charge in [-0.25, -0.2) is 13.6 Å². The number of urea groups is 1. The van der Waals surface area contributed by atoms with Crippen LogP contribution in [0.15, 0.2) is 54.6 Å². The highest BCUT2D eigenvalue weighted by molar-refractivity contribution is 5.81. The number of hydrogen-bond donors (Lipinski definition) is 2. The molecule has 0 saturated carbocycles. The third kappa shape index (κ3) is 6.87. The van der Waals surface area contributed by atoms with Crippen LogP contribution in [0.3, 0.4) is 0 Å². The third-order valence-electron chi connectivity index (χ3n) is 5.51. The van der Waals surface area contributed by atoms with Crippen LogP contribution in [0, 0.1) is 11.6 Å². The fourth-order valence-corrected chi connectivity index (χ4v) is 3.85. The van der Waals surface area contributed by atoms with E-state index in [-0.39, 0.29) is 24.2 Å². The Bertz CT molecular complexity index is 884. The fourth-order valence-electron chi connectivity index (χ4n) is 3.85. The zero-order valence-electron chi connectivity index (χ0n) is 19.0. The lowest BCUT2D eigenvalue weighted by atomic mass is 10.0. The molecule has 0 unspecified atom stereocenters. The molecule has 32 heavy (non-hydrogen) atoms. The minimum Gasteiger partial charge on any atom is -0.400 e. The van der Waals surface area contributed by atoms with Crippen molar-refractivity contribution in [3.8, 4) is 0 Å². The van der Waals surface area contributed by atoms with Gasteiger partial charge in [-0.2, -0.15) is 0 Å². The Balaban J connectivity index is 0.000000340. The second kappa shape index (κ2) is 12.9. The van der Waals surface area contributed by atoms with Crippen molar-refractivity contribution in [2.75, 3.05) is 40.8 Å². The van der Waals surface area contributed by atoms with Gasteiger partial charge in [0.15, 0.2) is 0 Å². The smallest absolute Gasteiger partial charge is 0.318 e. The summed E-state index contributed by atoms with van der Waals surface area (Å²) in [7, 11) is 4.74. The summed E-state index contributed by atoms with van der Waals surface area (Å²) in [6, 6.07) is 12.2. The van der Waals surface area contributed by atoms with Gasteiger partial charge in [0.2, 0.25) is 0 Å². The quantitative estimate of drug-likeness (QED) is 0.718. The lowest BCUT2D eigenvalue weighted by Crippen LogP contribution is -2.38. The van der Waals surface area contributed by atoms with E-state index in [1.54, 1.807) is 11.9 Å². The molecule has 2 N–H and O–H groups in total. The monoisotopic (exact) mass is 445 g/mol. The second-order valence-electron chi connectivity index (χ2n) is 7.72. The Morgan fingerprint density at radius 1 is 1.03 bits per heavy atom.